The van der Waals surface area contributed by atoms with Crippen LogP contribution in [0.25, 0.3) is 0 Å². The summed E-state index contributed by atoms with van der Waals surface area (Å²) in [6, 6.07) is 8.29. The van der Waals surface area contributed by atoms with E-state index in [0.29, 0.717) is 35.9 Å². The van der Waals surface area contributed by atoms with E-state index in [4.69, 9.17) is 24.2 Å². The highest BCUT2D eigenvalue weighted by molar-refractivity contribution is 8.04. The second kappa shape index (κ2) is 12.6. The van der Waals surface area contributed by atoms with E-state index >= 15 is 0 Å². The van der Waals surface area contributed by atoms with Gasteiger partial charge in [0, 0.05) is 37.4 Å². The summed E-state index contributed by atoms with van der Waals surface area (Å²) >= 11 is 1.31. The normalized spacial score (nSPS) is 19.4. The van der Waals surface area contributed by atoms with Crippen LogP contribution in [0, 0.1) is 0 Å². The molecule has 0 spiro atoms. The van der Waals surface area contributed by atoms with Crippen LogP contribution >= 0.6 is 11.8 Å². The summed E-state index contributed by atoms with van der Waals surface area (Å²) in [5, 5.41) is 11.8. The summed E-state index contributed by atoms with van der Waals surface area (Å²) in [6.07, 6.45) is 2.09. The van der Waals surface area contributed by atoms with Crippen molar-refractivity contribution in [3.8, 4) is 11.5 Å². The molecule has 3 N–H and O–H groups in total. The number of ether oxygens (including phenoxy) is 3. The van der Waals surface area contributed by atoms with Crippen molar-refractivity contribution < 1.29 is 19.0 Å². The number of thioether (sulfide) groups is 1. The van der Waals surface area contributed by atoms with Crippen molar-refractivity contribution in [1.29, 1.82) is 0 Å². The second-order valence-corrected chi connectivity index (χ2v) is 10.8. The highest BCUT2D eigenvalue weighted by Crippen LogP contribution is 2.35. The minimum Gasteiger partial charge on any atom is -0.493 e. The summed E-state index contributed by atoms with van der Waals surface area (Å²) in [5.74, 6) is 2.67. The number of benzene rings is 1. The molecular weight excluding hydrogens is 518 g/mol. The fourth-order valence-corrected chi connectivity index (χ4v) is 5.59. The molecular formula is C27H39N7O4S. The molecule has 4 rings (SSSR count). The van der Waals surface area contributed by atoms with Crippen LogP contribution < -0.4 is 30.3 Å². The molecule has 2 aliphatic heterocycles. The lowest BCUT2D eigenvalue weighted by Crippen LogP contribution is -2.53. The smallest absolute Gasteiger partial charge is 0.364 e. The monoisotopic (exact) mass is 557 g/mol. The van der Waals surface area contributed by atoms with Crippen LogP contribution in [0.2, 0.25) is 0 Å². The average Bonchev–Trinajstić information content (AvgIpc) is 3.32. The molecule has 1 aromatic heterocycles. The lowest BCUT2D eigenvalue weighted by atomic mass is 10.0. The molecule has 39 heavy (non-hydrogen) atoms. The fraction of sp³-hybridized carbons (Fsp3) is 0.519. The van der Waals surface area contributed by atoms with Crippen LogP contribution in [0.4, 0.5) is 17.6 Å². The van der Waals surface area contributed by atoms with E-state index in [1.165, 1.54) is 11.8 Å². The first-order valence-electron chi connectivity index (χ1n) is 13.1. The number of carbonyl (C=O) groups excluding carboxylic acids is 1. The van der Waals surface area contributed by atoms with Crippen molar-refractivity contribution in [1.82, 2.24) is 20.2 Å². The molecule has 0 aliphatic carbocycles. The number of hydrogen-bond acceptors (Lipinski definition) is 12. The number of piperidine rings is 1. The molecule has 0 amide bonds. The quantitative estimate of drug-likeness (QED) is 0.352. The topological polar surface area (TPSA) is 113 Å². The molecule has 1 fully saturated rings. The van der Waals surface area contributed by atoms with Crippen molar-refractivity contribution in [2.24, 2.45) is 0 Å². The van der Waals surface area contributed by atoms with Crippen molar-refractivity contribution in [3.63, 3.8) is 0 Å². The first-order chi connectivity index (χ1) is 18.8. The van der Waals surface area contributed by atoms with Gasteiger partial charge >= 0.3 is 5.97 Å². The van der Waals surface area contributed by atoms with Crippen molar-refractivity contribution in [2.45, 2.75) is 44.3 Å². The number of nitrogens with one attached hydrogen (secondary N) is 3. The molecule has 11 nitrogen and oxygen atoms in total. The Balaban J connectivity index is 1.60. The second-order valence-electron chi connectivity index (χ2n) is 9.73. The van der Waals surface area contributed by atoms with E-state index < -0.39 is 11.0 Å². The van der Waals surface area contributed by atoms with Gasteiger partial charge in [-0.25, -0.2) is 4.79 Å². The van der Waals surface area contributed by atoms with E-state index in [1.54, 1.807) is 21.1 Å². The van der Waals surface area contributed by atoms with Gasteiger partial charge in [-0.1, -0.05) is 17.8 Å². The van der Waals surface area contributed by atoms with E-state index in [-0.39, 0.29) is 6.61 Å². The van der Waals surface area contributed by atoms with Gasteiger partial charge in [-0.2, -0.15) is 9.97 Å². The number of hydrogen-bond donors (Lipinski definition) is 3. The molecule has 2 aliphatic rings. The Labute approximate surface area is 234 Å². The largest absolute Gasteiger partial charge is 0.493 e. The van der Waals surface area contributed by atoms with Crippen LogP contribution in [-0.2, 0) is 16.1 Å². The Bertz CT molecular complexity index is 1190. The highest BCUT2D eigenvalue weighted by Gasteiger charge is 2.44. The molecule has 1 unspecified atom stereocenters. The standard InChI is InChI=1S/C27H39N7O4S/c1-7-38-25(35)27(31-18(2)17-39-27)32-26-29-23(28-16-19-8-9-21(36-5)22(14-19)37-6)15-24(30-26)34-12-10-20(11-13-34)33(3)4/h8-9,14-15,17,20,31H,7,10-13,16H2,1-6H3,(H2,28,29,30,32). The predicted octanol–water partition coefficient (Wildman–Crippen LogP) is 3.46. The Morgan fingerprint density at radius 1 is 1.18 bits per heavy atom. The van der Waals surface area contributed by atoms with E-state index in [1.807, 2.05) is 36.6 Å². The van der Waals surface area contributed by atoms with Crippen LogP contribution in [-0.4, -0.2) is 79.9 Å². The molecule has 2 aromatic rings. The predicted molar refractivity (Wildman–Crippen MR) is 155 cm³/mol. The summed E-state index contributed by atoms with van der Waals surface area (Å²) in [4.78, 5) is 25.9. The van der Waals surface area contributed by atoms with Crippen LogP contribution in [0.1, 0.15) is 32.3 Å². The molecule has 3 heterocycles. The first-order valence-corrected chi connectivity index (χ1v) is 14.0. The third-order valence-corrected chi connectivity index (χ3v) is 7.99. The third-order valence-electron chi connectivity index (χ3n) is 6.79. The maximum absolute atomic E-state index is 13.0. The summed E-state index contributed by atoms with van der Waals surface area (Å²) < 4.78 is 16.2. The Morgan fingerprint density at radius 2 is 1.92 bits per heavy atom. The van der Waals surface area contributed by atoms with Crippen molar-refractivity contribution >= 4 is 35.3 Å². The molecule has 0 radical (unpaired) electrons. The number of esters is 1. The van der Waals surface area contributed by atoms with Gasteiger partial charge < -0.3 is 40.0 Å². The van der Waals surface area contributed by atoms with Crippen molar-refractivity contribution in [3.05, 3.63) is 40.9 Å². The number of methoxy groups -OCH3 is 2. The molecule has 0 saturated carbocycles. The fourth-order valence-electron chi connectivity index (χ4n) is 4.65. The molecule has 212 valence electrons. The third kappa shape index (κ3) is 6.80. The van der Waals surface area contributed by atoms with E-state index in [9.17, 15) is 4.79 Å². The van der Waals surface area contributed by atoms with Gasteiger partial charge in [0.1, 0.15) is 11.6 Å². The van der Waals surface area contributed by atoms with Gasteiger partial charge in [-0.05, 0) is 63.9 Å². The number of anilines is 3. The Kier molecular flexibility index (Phi) is 9.28. The molecule has 1 aromatic carbocycles. The molecule has 12 heteroatoms. The summed E-state index contributed by atoms with van der Waals surface area (Å²) in [5.41, 5.74) is 1.86. The molecule has 1 saturated heterocycles. The van der Waals surface area contributed by atoms with E-state index in [2.05, 4.69) is 39.8 Å². The zero-order valence-electron chi connectivity index (χ0n) is 23.5. The van der Waals surface area contributed by atoms with E-state index in [0.717, 1.165) is 43.0 Å². The number of rotatable bonds is 11. The van der Waals surface area contributed by atoms with Crippen LogP contribution in [0.5, 0.6) is 11.5 Å². The SMILES string of the molecule is CCOC(=O)C1(Nc2nc(NCc3ccc(OC)c(OC)c3)cc(N3CCC(N(C)C)CC3)n2)NC(C)=CS1. The van der Waals surface area contributed by atoms with Crippen LogP contribution in [0.3, 0.4) is 0 Å². The number of nitrogens with zero attached hydrogens (tertiary/aromatic N) is 4. The number of carbonyl (C=O) groups is 1. The minimum atomic E-state index is -1.24. The zero-order chi connectivity index (χ0) is 28.0. The maximum atomic E-state index is 13.0. The van der Waals surface area contributed by atoms with Crippen molar-refractivity contribution in [2.75, 3.05) is 63.5 Å². The van der Waals surface area contributed by atoms with Gasteiger partial charge in [0.05, 0.1) is 20.8 Å². The van der Waals surface area contributed by atoms with Gasteiger partial charge in [0.25, 0.3) is 4.99 Å². The maximum Gasteiger partial charge on any atom is 0.364 e. The number of aromatic nitrogens is 2. The lowest BCUT2D eigenvalue weighted by molar-refractivity contribution is -0.145. The highest BCUT2D eigenvalue weighted by atomic mass is 32.2. The summed E-state index contributed by atoms with van der Waals surface area (Å²) in [7, 11) is 7.49. The lowest BCUT2D eigenvalue weighted by Gasteiger charge is -2.36. The number of allylic oxidation sites excluding steroid dienone is 1. The Hall–Kier alpha value is -3.38. The Morgan fingerprint density at radius 3 is 2.54 bits per heavy atom. The zero-order valence-corrected chi connectivity index (χ0v) is 24.4. The van der Waals surface area contributed by atoms with Crippen LogP contribution in [0.15, 0.2) is 35.4 Å². The minimum absolute atomic E-state index is 0.267. The van der Waals surface area contributed by atoms with Gasteiger partial charge in [-0.15, -0.1) is 0 Å². The van der Waals surface area contributed by atoms with Gasteiger partial charge in [-0.3, -0.25) is 0 Å². The average molecular weight is 558 g/mol. The first kappa shape index (κ1) is 28.6. The van der Waals surface area contributed by atoms with Gasteiger partial charge in [0.15, 0.2) is 11.5 Å². The molecule has 1 atom stereocenters. The van der Waals surface area contributed by atoms with Gasteiger partial charge in [0.2, 0.25) is 5.95 Å². The summed E-state index contributed by atoms with van der Waals surface area (Å²) in [6.45, 7) is 6.23. The molecule has 0 bridgehead atoms.